The van der Waals surface area contributed by atoms with Crippen LogP contribution in [0.4, 0.5) is 11.4 Å². The van der Waals surface area contributed by atoms with E-state index in [0.29, 0.717) is 18.5 Å². The van der Waals surface area contributed by atoms with Gasteiger partial charge in [-0.05, 0) is 88.9 Å². The second-order valence-corrected chi connectivity index (χ2v) is 12.6. The standard InChI is InChI=1S/C31H35N5O5S/c1-19-13-20(2)15-22(14-19)28-24(9-10-32-18-21-7-8-23(35(38)39)16-26(21)36(40)41)25-17-27(42-29(25)33-28)31(3,4)30(37)34-11-5-6-12-34/h7-8,13-17,32-33H,5-6,9-12,18H2,1-4H3. The molecule has 0 aliphatic carbocycles. The number of nitrogens with zero attached hydrogens (tertiary/aromatic N) is 3. The molecule has 0 atom stereocenters. The Hall–Kier alpha value is -4.09. The predicted octanol–water partition coefficient (Wildman–Crippen LogP) is 6.56. The fraction of sp³-hybridized carbons (Fsp3) is 0.387. The molecular formula is C31H35N5O5S. The van der Waals surface area contributed by atoms with E-state index in [4.69, 9.17) is 0 Å². The summed E-state index contributed by atoms with van der Waals surface area (Å²) in [7, 11) is 0. The minimum absolute atomic E-state index is 0.159. The van der Waals surface area contributed by atoms with Gasteiger partial charge in [-0.1, -0.05) is 17.2 Å². The van der Waals surface area contributed by atoms with Crippen molar-refractivity contribution >= 4 is 38.8 Å². The summed E-state index contributed by atoms with van der Waals surface area (Å²) in [5.74, 6) is 0.159. The molecule has 3 heterocycles. The molecule has 0 radical (unpaired) electrons. The molecule has 4 aromatic rings. The minimum atomic E-state index is -0.640. The summed E-state index contributed by atoms with van der Waals surface area (Å²) >= 11 is 1.62. The van der Waals surface area contributed by atoms with Crippen LogP contribution in [0.1, 0.15) is 53.8 Å². The number of carbonyl (C=O) groups is 1. The van der Waals surface area contributed by atoms with Crippen molar-refractivity contribution in [2.24, 2.45) is 0 Å². The summed E-state index contributed by atoms with van der Waals surface area (Å²) < 4.78 is 0. The van der Waals surface area contributed by atoms with Gasteiger partial charge in [0.1, 0.15) is 4.83 Å². The molecule has 42 heavy (non-hydrogen) atoms. The monoisotopic (exact) mass is 589 g/mol. The maximum Gasteiger partial charge on any atom is 0.280 e. The number of nitro groups is 2. The number of aromatic nitrogens is 1. The molecule has 1 amide bonds. The van der Waals surface area contributed by atoms with E-state index in [-0.39, 0.29) is 23.8 Å². The molecule has 5 rings (SSSR count). The lowest BCUT2D eigenvalue weighted by molar-refractivity contribution is -0.394. The number of nitro benzene ring substituents is 2. The number of H-pyrrole nitrogens is 1. The molecule has 10 nitrogen and oxygen atoms in total. The van der Waals surface area contributed by atoms with Gasteiger partial charge in [0.15, 0.2) is 0 Å². The molecule has 0 bridgehead atoms. The number of amides is 1. The van der Waals surface area contributed by atoms with Gasteiger partial charge in [0.25, 0.3) is 11.4 Å². The molecule has 2 aromatic heterocycles. The number of rotatable bonds is 10. The van der Waals surface area contributed by atoms with E-state index < -0.39 is 15.3 Å². The number of hydrogen-bond acceptors (Lipinski definition) is 7. The quantitative estimate of drug-likeness (QED) is 0.122. The van der Waals surface area contributed by atoms with E-state index in [9.17, 15) is 25.0 Å². The second-order valence-electron chi connectivity index (χ2n) is 11.6. The van der Waals surface area contributed by atoms with Crippen LogP contribution >= 0.6 is 11.3 Å². The van der Waals surface area contributed by atoms with Crippen LogP contribution in [0.25, 0.3) is 21.5 Å². The van der Waals surface area contributed by atoms with Gasteiger partial charge >= 0.3 is 0 Å². The van der Waals surface area contributed by atoms with Gasteiger partial charge in [-0.2, -0.15) is 0 Å². The predicted molar refractivity (Wildman–Crippen MR) is 165 cm³/mol. The van der Waals surface area contributed by atoms with E-state index in [0.717, 1.165) is 75.0 Å². The molecule has 0 unspecified atom stereocenters. The Balaban J connectivity index is 1.44. The van der Waals surface area contributed by atoms with Crippen LogP contribution in [0.5, 0.6) is 0 Å². The van der Waals surface area contributed by atoms with Crippen LogP contribution in [0, 0.1) is 34.1 Å². The van der Waals surface area contributed by atoms with E-state index in [1.165, 1.54) is 12.1 Å². The molecule has 1 fully saturated rings. The van der Waals surface area contributed by atoms with Gasteiger partial charge in [0, 0.05) is 41.5 Å². The van der Waals surface area contributed by atoms with Gasteiger partial charge < -0.3 is 15.2 Å². The van der Waals surface area contributed by atoms with Crippen molar-refractivity contribution in [2.45, 2.75) is 58.9 Å². The summed E-state index contributed by atoms with van der Waals surface area (Å²) in [5, 5.41) is 27.0. The summed E-state index contributed by atoms with van der Waals surface area (Å²) in [6, 6.07) is 12.3. The number of aromatic amines is 1. The number of nitrogens with one attached hydrogen (secondary N) is 2. The molecule has 11 heteroatoms. The molecule has 0 spiro atoms. The van der Waals surface area contributed by atoms with Gasteiger partial charge in [-0.3, -0.25) is 25.0 Å². The van der Waals surface area contributed by atoms with E-state index in [1.807, 2.05) is 18.7 Å². The van der Waals surface area contributed by atoms with Crippen LogP contribution in [0.15, 0.2) is 42.5 Å². The maximum atomic E-state index is 13.4. The summed E-state index contributed by atoms with van der Waals surface area (Å²) in [4.78, 5) is 42.5. The zero-order valence-corrected chi connectivity index (χ0v) is 25.1. The molecule has 0 saturated carbocycles. The number of benzene rings is 2. The highest BCUT2D eigenvalue weighted by atomic mass is 32.1. The zero-order valence-electron chi connectivity index (χ0n) is 24.3. The van der Waals surface area contributed by atoms with Crippen molar-refractivity contribution in [1.29, 1.82) is 0 Å². The topological polar surface area (TPSA) is 134 Å². The number of likely N-dealkylation sites (tertiary alicyclic amines) is 1. The van der Waals surface area contributed by atoms with Crippen molar-refractivity contribution in [3.05, 3.63) is 89.8 Å². The van der Waals surface area contributed by atoms with Crippen molar-refractivity contribution in [2.75, 3.05) is 19.6 Å². The normalized spacial score (nSPS) is 13.7. The lowest BCUT2D eigenvalue weighted by atomic mass is 9.89. The van der Waals surface area contributed by atoms with Crippen molar-refractivity contribution < 1.29 is 14.6 Å². The number of non-ortho nitro benzene ring substituents is 1. The van der Waals surface area contributed by atoms with Gasteiger partial charge in [-0.15, -0.1) is 11.3 Å². The Morgan fingerprint density at radius 1 is 1.02 bits per heavy atom. The van der Waals surface area contributed by atoms with Crippen LogP contribution in [-0.2, 0) is 23.2 Å². The van der Waals surface area contributed by atoms with Crippen LogP contribution in [0.2, 0.25) is 0 Å². The highest BCUT2D eigenvalue weighted by molar-refractivity contribution is 7.19. The second kappa shape index (κ2) is 11.7. The van der Waals surface area contributed by atoms with Crippen LogP contribution in [0.3, 0.4) is 0 Å². The van der Waals surface area contributed by atoms with Crippen LogP contribution in [-0.4, -0.2) is 45.3 Å². The average molecular weight is 590 g/mol. The minimum Gasteiger partial charge on any atom is -0.346 e. The van der Waals surface area contributed by atoms with Gasteiger partial charge in [0.2, 0.25) is 5.91 Å². The van der Waals surface area contributed by atoms with E-state index in [2.05, 4.69) is 48.4 Å². The average Bonchev–Trinajstić information content (AvgIpc) is 3.67. The SMILES string of the molecule is Cc1cc(C)cc(-c2[nH]c3sc(C(C)(C)C(=O)N4CCCC4)cc3c2CCNCc2ccc([N+](=O)[O-])cc2[N+](=O)[O-])c1. The first kappa shape index (κ1) is 29.4. The van der Waals surface area contributed by atoms with Crippen molar-refractivity contribution in [3.63, 3.8) is 0 Å². The van der Waals surface area contributed by atoms with E-state index >= 15 is 0 Å². The Kier molecular flexibility index (Phi) is 8.16. The Labute approximate surface area is 248 Å². The highest BCUT2D eigenvalue weighted by Gasteiger charge is 2.37. The number of hydrogen-bond donors (Lipinski definition) is 2. The number of aryl methyl sites for hydroxylation is 2. The zero-order chi connectivity index (χ0) is 30.2. The maximum absolute atomic E-state index is 13.4. The third-order valence-corrected chi connectivity index (χ3v) is 9.37. The fourth-order valence-electron chi connectivity index (χ4n) is 5.81. The molecule has 2 aromatic carbocycles. The first-order valence-corrected chi connectivity index (χ1v) is 14.9. The highest BCUT2D eigenvalue weighted by Crippen LogP contribution is 2.41. The third kappa shape index (κ3) is 5.79. The number of thiophene rings is 1. The summed E-state index contributed by atoms with van der Waals surface area (Å²) in [6.07, 6.45) is 2.73. The molecule has 1 aliphatic rings. The molecule has 1 aliphatic heterocycles. The number of fused-ring (bicyclic) bond motifs is 1. The fourth-order valence-corrected chi connectivity index (χ4v) is 6.99. The van der Waals surface area contributed by atoms with Crippen molar-refractivity contribution in [3.8, 4) is 11.3 Å². The van der Waals surface area contributed by atoms with Gasteiger partial charge in [0.05, 0.1) is 27.0 Å². The lowest BCUT2D eigenvalue weighted by Crippen LogP contribution is -2.41. The van der Waals surface area contributed by atoms with Gasteiger partial charge in [-0.25, -0.2) is 0 Å². The number of carbonyl (C=O) groups excluding carboxylic acids is 1. The summed E-state index contributed by atoms with van der Waals surface area (Å²) in [6.45, 7) is 10.5. The van der Waals surface area contributed by atoms with E-state index in [1.54, 1.807) is 11.3 Å². The largest absolute Gasteiger partial charge is 0.346 e. The Morgan fingerprint density at radius 3 is 2.36 bits per heavy atom. The Bertz CT molecular complexity index is 1660. The first-order valence-electron chi connectivity index (χ1n) is 14.1. The van der Waals surface area contributed by atoms with Crippen LogP contribution < -0.4 is 5.32 Å². The Morgan fingerprint density at radius 2 is 1.71 bits per heavy atom. The molecule has 220 valence electrons. The third-order valence-electron chi connectivity index (χ3n) is 8.00. The first-order chi connectivity index (χ1) is 20.0. The summed E-state index contributed by atoms with van der Waals surface area (Å²) in [5.41, 5.74) is 4.73. The molecule has 1 saturated heterocycles. The molecular weight excluding hydrogens is 554 g/mol. The smallest absolute Gasteiger partial charge is 0.280 e. The molecule has 2 N–H and O–H groups in total. The van der Waals surface area contributed by atoms with Crippen molar-refractivity contribution in [1.82, 2.24) is 15.2 Å². The lowest BCUT2D eigenvalue weighted by Gasteiger charge is -2.28.